The van der Waals surface area contributed by atoms with Gasteiger partial charge in [0, 0.05) is 67.7 Å². The predicted octanol–water partition coefficient (Wildman–Crippen LogP) is 9.59. The second-order valence-electron chi connectivity index (χ2n) is 22.4. The SMILES string of the molecule is CN(c1nc(OC[C@@]23CCCN2C[C@H](F)C3)nc2c(F)c(-c3cccc4cccc(Cl)c34)ncc12)[C@@H]1CCN(C(=O)C#C[C@@H]2C[C@H](O[Si](c3ccccc3)(c3ccccc3)C(C)(C)C)CN2C(=O)OC(C)(C)C)C1. The van der Waals surface area contributed by atoms with Crippen molar-refractivity contribution in [3.63, 3.8) is 0 Å². The highest BCUT2D eigenvalue weighted by molar-refractivity contribution is 6.99. The van der Waals surface area contributed by atoms with Gasteiger partial charge in [-0.15, -0.1) is 0 Å². The van der Waals surface area contributed by atoms with Crippen molar-refractivity contribution in [2.24, 2.45) is 0 Å². The number of benzene rings is 4. The van der Waals surface area contributed by atoms with Crippen LogP contribution >= 0.6 is 11.6 Å². The second kappa shape index (κ2) is 20.2. The third kappa shape index (κ3) is 9.82. The normalized spacial score (nSPS) is 22.2. The van der Waals surface area contributed by atoms with Crippen molar-refractivity contribution >= 4 is 69.8 Å². The average molecular weight is 1040 g/mol. The molecule has 2 aromatic heterocycles. The molecule has 0 N–H and O–H groups in total. The van der Waals surface area contributed by atoms with Crippen molar-refractivity contribution in [1.29, 1.82) is 0 Å². The van der Waals surface area contributed by atoms with Crippen molar-refractivity contribution in [3.05, 3.63) is 114 Å². The number of pyridine rings is 1. The fourth-order valence-electron chi connectivity index (χ4n) is 11.8. The average Bonchev–Trinajstić information content (AvgIpc) is 4.18. The van der Waals surface area contributed by atoms with Gasteiger partial charge in [0.2, 0.25) is 0 Å². The molecule has 4 fully saturated rings. The summed E-state index contributed by atoms with van der Waals surface area (Å²) in [5, 5.41) is 4.28. The fraction of sp³-hybridized carbons (Fsp3) is 0.431. The molecule has 10 rings (SSSR count). The smallest absolute Gasteiger partial charge is 0.411 e. The Morgan fingerprint density at radius 1 is 0.905 bits per heavy atom. The Kier molecular flexibility index (Phi) is 14.0. The molecule has 0 saturated carbocycles. The first kappa shape index (κ1) is 51.3. The number of aromatic nitrogens is 3. The van der Waals surface area contributed by atoms with Crippen molar-refractivity contribution in [1.82, 2.24) is 29.7 Å². The van der Waals surface area contributed by atoms with Crippen molar-refractivity contribution in [2.45, 2.75) is 114 Å². The predicted molar refractivity (Wildman–Crippen MR) is 289 cm³/mol. The molecule has 6 aromatic rings. The maximum Gasteiger partial charge on any atom is 0.411 e. The van der Waals surface area contributed by atoms with E-state index in [1.54, 1.807) is 28.1 Å². The lowest BCUT2D eigenvalue weighted by Gasteiger charge is -2.44. The summed E-state index contributed by atoms with van der Waals surface area (Å²) in [4.78, 5) is 49.8. The van der Waals surface area contributed by atoms with Gasteiger partial charge in [0.1, 0.15) is 35.4 Å². The molecule has 74 heavy (non-hydrogen) atoms. The molecule has 4 aromatic carbocycles. The molecule has 6 heterocycles. The Labute approximate surface area is 438 Å². The number of likely N-dealkylation sites (tertiary alicyclic amines) is 2. The number of anilines is 1. The van der Waals surface area contributed by atoms with E-state index in [1.165, 1.54) is 0 Å². The summed E-state index contributed by atoms with van der Waals surface area (Å²) in [6, 6.07) is 30.9. The molecular formula is C58H64ClF2N7O5Si. The Hall–Kier alpha value is -6.18. The summed E-state index contributed by atoms with van der Waals surface area (Å²) in [5.41, 5.74) is -0.638. The number of likely N-dealkylation sites (N-methyl/N-ethyl adjacent to an activating group) is 1. The molecule has 5 atom stereocenters. The summed E-state index contributed by atoms with van der Waals surface area (Å²) in [7, 11) is -1.15. The number of ether oxygens (including phenoxy) is 2. The number of nitrogens with zero attached hydrogens (tertiary/aromatic N) is 7. The van der Waals surface area contributed by atoms with Gasteiger partial charge in [0.15, 0.2) is 5.82 Å². The summed E-state index contributed by atoms with van der Waals surface area (Å²) >= 11 is 6.72. The van der Waals surface area contributed by atoms with Crippen LogP contribution in [0.25, 0.3) is 32.9 Å². The highest BCUT2D eigenvalue weighted by Crippen LogP contribution is 2.43. The lowest BCUT2D eigenvalue weighted by atomic mass is 9.95. The molecule has 0 unspecified atom stereocenters. The van der Waals surface area contributed by atoms with Gasteiger partial charge in [-0.05, 0) is 79.4 Å². The van der Waals surface area contributed by atoms with E-state index in [1.807, 2.05) is 93.4 Å². The van der Waals surface area contributed by atoms with Gasteiger partial charge < -0.3 is 23.7 Å². The van der Waals surface area contributed by atoms with Crippen LogP contribution in [0.3, 0.4) is 0 Å². The molecule has 0 radical (unpaired) electrons. The van der Waals surface area contributed by atoms with Crippen molar-refractivity contribution < 1.29 is 32.3 Å². The first-order valence-electron chi connectivity index (χ1n) is 25.7. The minimum absolute atomic E-state index is 0.0154. The highest BCUT2D eigenvalue weighted by atomic mass is 35.5. The largest absolute Gasteiger partial charge is 0.461 e. The molecule has 0 spiro atoms. The second-order valence-corrected chi connectivity index (χ2v) is 27.0. The summed E-state index contributed by atoms with van der Waals surface area (Å²) in [6.07, 6.45) is 2.71. The van der Waals surface area contributed by atoms with Crippen molar-refractivity contribution in [3.8, 4) is 29.1 Å². The van der Waals surface area contributed by atoms with Gasteiger partial charge in [0.25, 0.3) is 14.2 Å². The number of fused-ring (bicyclic) bond motifs is 3. The van der Waals surface area contributed by atoms with Gasteiger partial charge in [-0.3, -0.25) is 19.6 Å². The molecular weight excluding hydrogens is 976 g/mol. The van der Waals surface area contributed by atoms with Crippen LogP contribution in [0.2, 0.25) is 10.1 Å². The number of hydrogen-bond acceptors (Lipinski definition) is 10. The summed E-state index contributed by atoms with van der Waals surface area (Å²) in [5.74, 6) is 5.45. The van der Waals surface area contributed by atoms with Crippen LogP contribution in [0.5, 0.6) is 6.01 Å². The number of alkyl halides is 1. The highest BCUT2D eigenvalue weighted by Gasteiger charge is 2.53. The maximum absolute atomic E-state index is 17.2. The quantitative estimate of drug-likeness (QED) is 0.0972. The van der Waals surface area contributed by atoms with Crippen LogP contribution in [0.4, 0.5) is 19.4 Å². The van der Waals surface area contributed by atoms with Crippen molar-refractivity contribution in [2.75, 3.05) is 51.3 Å². The molecule has 4 aliphatic rings. The van der Waals surface area contributed by atoms with Crippen LogP contribution in [-0.4, -0.2) is 132 Å². The van der Waals surface area contributed by atoms with Crippen LogP contribution in [0, 0.1) is 17.7 Å². The van der Waals surface area contributed by atoms with Crippen LogP contribution in [0.1, 0.15) is 73.6 Å². The number of carbonyl (C=O) groups is 2. The van der Waals surface area contributed by atoms with E-state index in [9.17, 15) is 14.0 Å². The first-order valence-corrected chi connectivity index (χ1v) is 28.0. The molecule has 0 aliphatic carbocycles. The third-order valence-electron chi connectivity index (χ3n) is 15.3. The lowest BCUT2D eigenvalue weighted by Crippen LogP contribution is -2.67. The Morgan fingerprint density at radius 3 is 2.30 bits per heavy atom. The molecule has 4 saturated heterocycles. The zero-order valence-corrected chi connectivity index (χ0v) is 45.0. The van der Waals surface area contributed by atoms with Crippen LogP contribution in [0.15, 0.2) is 103 Å². The molecule has 386 valence electrons. The number of hydrogen-bond donors (Lipinski definition) is 0. The first-order chi connectivity index (χ1) is 35.3. The van der Waals surface area contributed by atoms with Crippen LogP contribution in [-0.2, 0) is 14.0 Å². The van der Waals surface area contributed by atoms with Gasteiger partial charge in [-0.1, -0.05) is 129 Å². The third-order valence-corrected chi connectivity index (χ3v) is 20.7. The molecule has 0 bridgehead atoms. The van der Waals surface area contributed by atoms with E-state index in [0.717, 1.165) is 35.1 Å². The van der Waals surface area contributed by atoms with E-state index in [0.29, 0.717) is 66.1 Å². The van der Waals surface area contributed by atoms with Gasteiger partial charge >= 0.3 is 12.1 Å². The Morgan fingerprint density at radius 2 is 1.61 bits per heavy atom. The Bertz CT molecular complexity index is 3100. The van der Waals surface area contributed by atoms with E-state index in [4.69, 9.17) is 30.5 Å². The van der Waals surface area contributed by atoms with E-state index in [-0.39, 0.29) is 47.4 Å². The monoisotopic (exact) mass is 1040 g/mol. The van der Waals surface area contributed by atoms with E-state index < -0.39 is 49.7 Å². The molecule has 12 nitrogen and oxygen atoms in total. The topological polar surface area (TPSA) is 113 Å². The zero-order chi connectivity index (χ0) is 52.2. The minimum atomic E-state index is -3.01. The Balaban J connectivity index is 0.927. The molecule has 16 heteroatoms. The molecule has 2 amide bonds. The van der Waals surface area contributed by atoms with Gasteiger partial charge in [-0.25, -0.2) is 13.6 Å². The van der Waals surface area contributed by atoms with E-state index in [2.05, 4.69) is 71.7 Å². The van der Waals surface area contributed by atoms with Gasteiger partial charge in [0.05, 0.1) is 29.6 Å². The number of rotatable bonds is 10. The minimum Gasteiger partial charge on any atom is -0.461 e. The number of carbonyl (C=O) groups excluding carboxylic acids is 2. The number of halogens is 3. The fourth-order valence-corrected chi connectivity index (χ4v) is 16.8. The summed E-state index contributed by atoms with van der Waals surface area (Å²) < 4.78 is 51.9. The van der Waals surface area contributed by atoms with Crippen LogP contribution < -0.4 is 20.0 Å². The standard InChI is InChI=1S/C58H64ClF2N7O5Si/c1-56(2,3)72-55(70)68-36-42(73-74(57(4,5)6,43-19-10-8-11-20-43)44-21-12-9-13-22-44)31-40(68)25-26-48(69)66-30-27-41(35-66)65(7)53-46-33-62-51(45-23-14-17-38-18-15-24-47(59)49(38)45)50(61)52(46)63-54(64-53)71-37-58-28-16-29-67(58)34-39(60)32-58/h8-15,17-24,33,39-42H,16,27-32,34-37H2,1-7H3/t39-,40-,41-,42+,58+/m1/s1. The molecule has 4 aliphatic heterocycles. The number of amides is 2. The van der Waals surface area contributed by atoms with Gasteiger partial charge in [-0.2, -0.15) is 9.97 Å². The summed E-state index contributed by atoms with van der Waals surface area (Å²) in [6.45, 7) is 14.4. The maximum atomic E-state index is 17.2. The van der Waals surface area contributed by atoms with E-state index >= 15 is 4.39 Å². The zero-order valence-electron chi connectivity index (χ0n) is 43.2. The lowest BCUT2D eigenvalue weighted by molar-refractivity contribution is -0.124.